The van der Waals surface area contributed by atoms with Gasteiger partial charge in [0.1, 0.15) is 0 Å². The van der Waals surface area contributed by atoms with E-state index in [9.17, 15) is 29.8 Å². The van der Waals surface area contributed by atoms with E-state index in [1.807, 2.05) is 0 Å². The lowest BCUT2D eigenvalue weighted by Crippen LogP contribution is -2.50. The third-order valence-electron chi connectivity index (χ3n) is 5.49. The van der Waals surface area contributed by atoms with Gasteiger partial charge >= 0.3 is 0 Å². The summed E-state index contributed by atoms with van der Waals surface area (Å²) < 4.78 is 0. The zero-order chi connectivity index (χ0) is 23.8. The summed E-state index contributed by atoms with van der Waals surface area (Å²) in [5, 5.41) is 24.2. The van der Waals surface area contributed by atoms with Crippen LogP contribution in [-0.2, 0) is 22.4 Å². The van der Waals surface area contributed by atoms with Crippen LogP contribution in [0, 0.1) is 20.2 Å². The first-order valence-electron chi connectivity index (χ1n) is 10.6. The predicted octanol–water partition coefficient (Wildman–Crippen LogP) is 1.55. The van der Waals surface area contributed by atoms with Crippen LogP contribution in [-0.4, -0.2) is 70.7 Å². The van der Waals surface area contributed by atoms with Gasteiger partial charge in [-0.25, -0.2) is 0 Å². The molecule has 2 aromatic carbocycles. The number of amides is 2. The van der Waals surface area contributed by atoms with E-state index in [4.69, 9.17) is 0 Å². The van der Waals surface area contributed by atoms with E-state index in [1.165, 1.54) is 24.3 Å². The number of hydrogen-bond acceptors (Lipinski definition) is 7. The van der Waals surface area contributed by atoms with Crippen LogP contribution < -0.4 is 5.32 Å². The van der Waals surface area contributed by atoms with E-state index in [-0.39, 0.29) is 36.0 Å². The number of piperazine rings is 1. The summed E-state index contributed by atoms with van der Waals surface area (Å²) in [6.45, 7) is 3.71. The van der Waals surface area contributed by atoms with Crippen molar-refractivity contribution in [3.05, 3.63) is 79.9 Å². The number of nitro groups is 2. The van der Waals surface area contributed by atoms with Crippen LogP contribution in [0.15, 0.2) is 48.5 Å². The van der Waals surface area contributed by atoms with Gasteiger partial charge in [-0.05, 0) is 11.1 Å². The fraction of sp³-hybridized carbons (Fsp3) is 0.364. The maximum absolute atomic E-state index is 12.5. The summed E-state index contributed by atoms with van der Waals surface area (Å²) in [5.74, 6) is -0.166. The third kappa shape index (κ3) is 7.07. The molecule has 0 aromatic heterocycles. The quantitative estimate of drug-likeness (QED) is 0.447. The van der Waals surface area contributed by atoms with E-state index in [0.717, 1.165) is 5.56 Å². The van der Waals surface area contributed by atoms with E-state index < -0.39 is 9.85 Å². The maximum Gasteiger partial charge on any atom is 0.269 e. The van der Waals surface area contributed by atoms with Crippen molar-refractivity contribution in [1.82, 2.24) is 15.1 Å². The Morgan fingerprint density at radius 1 is 0.788 bits per heavy atom. The SMILES string of the molecule is O=C(Cc1ccc([N+](=O)[O-])cc1)NCCN1CCN(C(=O)Cc2ccc([N+](=O)[O-])cc2)CC1. The Morgan fingerprint density at radius 3 is 1.76 bits per heavy atom. The molecule has 3 rings (SSSR count). The van der Waals surface area contributed by atoms with Crippen LogP contribution >= 0.6 is 0 Å². The molecular formula is C22H25N5O6. The standard InChI is InChI=1S/C22H25N5O6/c28-21(15-17-1-5-19(6-2-17)26(30)31)23-9-10-24-11-13-25(14-12-24)22(29)16-18-3-7-20(8-4-18)27(32)33/h1-8H,9-16H2,(H,23,28). The molecule has 174 valence electrons. The molecule has 0 aliphatic carbocycles. The molecule has 0 saturated carbocycles. The van der Waals surface area contributed by atoms with Crippen molar-refractivity contribution in [1.29, 1.82) is 0 Å². The summed E-state index contributed by atoms with van der Waals surface area (Å²) in [6, 6.07) is 11.9. The molecule has 0 radical (unpaired) electrons. The summed E-state index contributed by atoms with van der Waals surface area (Å²) in [4.78, 5) is 49.0. The van der Waals surface area contributed by atoms with Crippen molar-refractivity contribution in [2.45, 2.75) is 12.8 Å². The highest BCUT2D eigenvalue weighted by Crippen LogP contribution is 2.14. The normalized spacial score (nSPS) is 14.0. The molecule has 2 aromatic rings. The number of nitro benzene ring substituents is 2. The largest absolute Gasteiger partial charge is 0.355 e. The second-order valence-corrected chi connectivity index (χ2v) is 7.77. The Hall–Kier alpha value is -3.86. The molecule has 0 atom stereocenters. The number of nitrogens with zero attached hydrogens (tertiary/aromatic N) is 4. The molecule has 1 N–H and O–H groups in total. The monoisotopic (exact) mass is 455 g/mol. The average Bonchev–Trinajstić information content (AvgIpc) is 2.80. The van der Waals surface area contributed by atoms with Gasteiger partial charge in [-0.2, -0.15) is 0 Å². The molecule has 1 saturated heterocycles. The lowest BCUT2D eigenvalue weighted by atomic mass is 10.1. The molecule has 1 heterocycles. The molecule has 11 heteroatoms. The first-order valence-corrected chi connectivity index (χ1v) is 10.6. The Labute approximate surface area is 190 Å². The predicted molar refractivity (Wildman–Crippen MR) is 120 cm³/mol. The highest BCUT2D eigenvalue weighted by Gasteiger charge is 2.21. The van der Waals surface area contributed by atoms with Gasteiger partial charge in [0.25, 0.3) is 11.4 Å². The highest BCUT2D eigenvalue weighted by atomic mass is 16.6. The molecular weight excluding hydrogens is 430 g/mol. The zero-order valence-corrected chi connectivity index (χ0v) is 18.0. The van der Waals surface area contributed by atoms with Crippen molar-refractivity contribution < 1.29 is 19.4 Å². The van der Waals surface area contributed by atoms with Crippen molar-refractivity contribution in [2.24, 2.45) is 0 Å². The first-order chi connectivity index (χ1) is 15.8. The van der Waals surface area contributed by atoms with Crippen molar-refractivity contribution >= 4 is 23.2 Å². The smallest absolute Gasteiger partial charge is 0.269 e. The number of nitrogens with one attached hydrogen (secondary N) is 1. The molecule has 1 aliphatic heterocycles. The number of carbonyl (C=O) groups excluding carboxylic acids is 2. The van der Waals surface area contributed by atoms with Gasteiger partial charge in [0.15, 0.2) is 0 Å². The molecule has 11 nitrogen and oxygen atoms in total. The highest BCUT2D eigenvalue weighted by molar-refractivity contribution is 5.79. The van der Waals surface area contributed by atoms with Crippen LogP contribution in [0.25, 0.3) is 0 Å². The van der Waals surface area contributed by atoms with Crippen LogP contribution in [0.4, 0.5) is 11.4 Å². The summed E-state index contributed by atoms with van der Waals surface area (Å²) in [7, 11) is 0. The third-order valence-corrected chi connectivity index (χ3v) is 5.49. The molecule has 33 heavy (non-hydrogen) atoms. The van der Waals surface area contributed by atoms with Gasteiger partial charge in [-0.1, -0.05) is 24.3 Å². The van der Waals surface area contributed by atoms with Gasteiger partial charge in [0.2, 0.25) is 11.8 Å². The number of hydrogen-bond donors (Lipinski definition) is 1. The number of non-ortho nitro benzene ring substituents is 2. The lowest BCUT2D eigenvalue weighted by Gasteiger charge is -2.34. The number of rotatable bonds is 9. The molecule has 1 aliphatic rings. The van der Waals surface area contributed by atoms with E-state index >= 15 is 0 Å². The molecule has 0 unspecified atom stereocenters. The summed E-state index contributed by atoms with van der Waals surface area (Å²) in [5.41, 5.74) is 1.44. The maximum atomic E-state index is 12.5. The van der Waals surface area contributed by atoms with Crippen LogP contribution in [0.5, 0.6) is 0 Å². The van der Waals surface area contributed by atoms with Crippen molar-refractivity contribution in [3.63, 3.8) is 0 Å². The molecule has 2 amide bonds. The van der Waals surface area contributed by atoms with Crippen molar-refractivity contribution in [2.75, 3.05) is 39.3 Å². The Morgan fingerprint density at radius 2 is 1.27 bits per heavy atom. The average molecular weight is 455 g/mol. The Bertz CT molecular complexity index is 998. The van der Waals surface area contributed by atoms with Gasteiger partial charge in [-0.3, -0.25) is 34.7 Å². The number of benzene rings is 2. The van der Waals surface area contributed by atoms with Gasteiger partial charge in [0.05, 0.1) is 22.7 Å². The first kappa shape index (κ1) is 23.8. The zero-order valence-electron chi connectivity index (χ0n) is 18.0. The number of carbonyl (C=O) groups is 2. The van der Waals surface area contributed by atoms with Crippen LogP contribution in [0.2, 0.25) is 0 Å². The molecule has 0 spiro atoms. The van der Waals surface area contributed by atoms with E-state index in [2.05, 4.69) is 10.2 Å². The molecule has 1 fully saturated rings. The minimum absolute atomic E-state index is 0.000326. The van der Waals surface area contributed by atoms with Crippen LogP contribution in [0.3, 0.4) is 0 Å². The second kappa shape index (κ2) is 11.1. The fourth-order valence-electron chi connectivity index (χ4n) is 3.58. The van der Waals surface area contributed by atoms with Gasteiger partial charge < -0.3 is 10.2 Å². The van der Waals surface area contributed by atoms with E-state index in [0.29, 0.717) is 44.8 Å². The molecule has 0 bridgehead atoms. The van der Waals surface area contributed by atoms with E-state index in [1.54, 1.807) is 29.2 Å². The lowest BCUT2D eigenvalue weighted by molar-refractivity contribution is -0.385. The summed E-state index contributed by atoms with van der Waals surface area (Å²) >= 11 is 0. The van der Waals surface area contributed by atoms with Gasteiger partial charge in [-0.15, -0.1) is 0 Å². The Kier molecular flexibility index (Phi) is 8.03. The van der Waals surface area contributed by atoms with Gasteiger partial charge in [0, 0.05) is 63.5 Å². The Balaban J connectivity index is 1.34. The topological polar surface area (TPSA) is 139 Å². The minimum Gasteiger partial charge on any atom is -0.355 e. The second-order valence-electron chi connectivity index (χ2n) is 7.77. The minimum atomic E-state index is -0.479. The summed E-state index contributed by atoms with van der Waals surface area (Å²) in [6.07, 6.45) is 0.361. The van der Waals surface area contributed by atoms with Crippen LogP contribution in [0.1, 0.15) is 11.1 Å². The van der Waals surface area contributed by atoms with Crippen molar-refractivity contribution in [3.8, 4) is 0 Å². The fourth-order valence-corrected chi connectivity index (χ4v) is 3.58.